The van der Waals surface area contributed by atoms with E-state index in [4.69, 9.17) is 9.47 Å². The van der Waals surface area contributed by atoms with E-state index in [0.717, 1.165) is 17.7 Å². The standard InChI is InChI=1S/C18H21NO3S/c1-11-4-5-16-12(6-11)7-17(23-16)18(20)19-13-8-14(21-2)10-15(9-13)22-3/h7-11H,4-6H2,1-3H3,(H,19,20). The number of hydrogen-bond acceptors (Lipinski definition) is 4. The second-order valence-corrected chi connectivity index (χ2v) is 7.10. The molecule has 0 saturated heterocycles. The normalized spacial score (nSPS) is 16.6. The van der Waals surface area contributed by atoms with E-state index in [9.17, 15) is 4.79 Å². The number of anilines is 1. The molecule has 1 amide bonds. The minimum absolute atomic E-state index is 0.0765. The number of amides is 1. The first-order chi connectivity index (χ1) is 11.1. The van der Waals surface area contributed by atoms with Crippen LogP contribution in [0.1, 0.15) is 33.5 Å². The number of rotatable bonds is 4. The summed E-state index contributed by atoms with van der Waals surface area (Å²) in [6.45, 7) is 2.27. The Morgan fingerprint density at radius 1 is 1.17 bits per heavy atom. The maximum Gasteiger partial charge on any atom is 0.265 e. The summed E-state index contributed by atoms with van der Waals surface area (Å²) in [5.41, 5.74) is 2.01. The Hall–Kier alpha value is -2.01. The van der Waals surface area contributed by atoms with Gasteiger partial charge in [0, 0.05) is 28.8 Å². The summed E-state index contributed by atoms with van der Waals surface area (Å²) in [6.07, 6.45) is 3.37. The molecule has 0 aliphatic heterocycles. The van der Waals surface area contributed by atoms with Gasteiger partial charge in [0.05, 0.1) is 19.1 Å². The van der Waals surface area contributed by atoms with Gasteiger partial charge in [-0.1, -0.05) is 6.92 Å². The van der Waals surface area contributed by atoms with Gasteiger partial charge in [-0.05, 0) is 36.8 Å². The van der Waals surface area contributed by atoms with E-state index in [1.807, 2.05) is 6.07 Å². The molecular formula is C18H21NO3S. The Labute approximate surface area is 140 Å². The number of fused-ring (bicyclic) bond motifs is 1. The van der Waals surface area contributed by atoms with Crippen molar-refractivity contribution in [3.05, 3.63) is 39.6 Å². The maximum atomic E-state index is 12.5. The number of hydrogen-bond donors (Lipinski definition) is 1. The zero-order valence-corrected chi connectivity index (χ0v) is 14.5. The van der Waals surface area contributed by atoms with E-state index in [2.05, 4.69) is 12.2 Å². The molecule has 0 spiro atoms. The second-order valence-electron chi connectivity index (χ2n) is 5.96. The molecule has 0 saturated carbocycles. The lowest BCUT2D eigenvalue weighted by atomic mass is 9.90. The zero-order valence-electron chi connectivity index (χ0n) is 13.6. The maximum absolute atomic E-state index is 12.5. The monoisotopic (exact) mass is 331 g/mol. The van der Waals surface area contributed by atoms with Crippen molar-refractivity contribution in [2.45, 2.75) is 26.2 Å². The number of benzene rings is 1. The number of carbonyl (C=O) groups excluding carboxylic acids is 1. The molecule has 1 aromatic heterocycles. The lowest BCUT2D eigenvalue weighted by Gasteiger charge is -2.16. The molecule has 1 aliphatic rings. The van der Waals surface area contributed by atoms with Crippen LogP contribution in [0.2, 0.25) is 0 Å². The molecule has 0 radical (unpaired) electrons. The van der Waals surface area contributed by atoms with Crippen molar-refractivity contribution >= 4 is 22.9 Å². The van der Waals surface area contributed by atoms with Crippen molar-refractivity contribution in [1.29, 1.82) is 0 Å². The SMILES string of the molecule is COc1cc(NC(=O)c2cc3c(s2)CCC(C)C3)cc(OC)c1. The summed E-state index contributed by atoms with van der Waals surface area (Å²) in [6, 6.07) is 7.40. The molecular weight excluding hydrogens is 310 g/mol. The van der Waals surface area contributed by atoms with Gasteiger partial charge >= 0.3 is 0 Å². The third-order valence-electron chi connectivity index (χ3n) is 4.16. The lowest BCUT2D eigenvalue weighted by Crippen LogP contribution is -2.10. The Morgan fingerprint density at radius 2 is 1.87 bits per heavy atom. The molecule has 5 heteroatoms. The summed E-state index contributed by atoms with van der Waals surface area (Å²) >= 11 is 1.61. The number of carbonyl (C=O) groups is 1. The van der Waals surface area contributed by atoms with E-state index in [1.54, 1.807) is 43.8 Å². The number of thiophene rings is 1. The highest BCUT2D eigenvalue weighted by Gasteiger charge is 2.20. The first-order valence-electron chi connectivity index (χ1n) is 7.75. The molecule has 23 heavy (non-hydrogen) atoms. The second kappa shape index (κ2) is 6.62. The largest absolute Gasteiger partial charge is 0.497 e. The van der Waals surface area contributed by atoms with Crippen molar-refractivity contribution in [2.24, 2.45) is 5.92 Å². The van der Waals surface area contributed by atoms with Gasteiger partial charge in [-0.3, -0.25) is 4.79 Å². The van der Waals surface area contributed by atoms with Crippen LogP contribution in [0.4, 0.5) is 5.69 Å². The van der Waals surface area contributed by atoms with E-state index in [1.165, 1.54) is 16.9 Å². The quantitative estimate of drug-likeness (QED) is 0.916. The topological polar surface area (TPSA) is 47.6 Å². The zero-order chi connectivity index (χ0) is 16.4. The molecule has 2 aromatic rings. The van der Waals surface area contributed by atoms with Gasteiger partial charge in [0.25, 0.3) is 5.91 Å². The van der Waals surface area contributed by atoms with Crippen LogP contribution in [-0.4, -0.2) is 20.1 Å². The highest BCUT2D eigenvalue weighted by molar-refractivity contribution is 7.14. The first-order valence-corrected chi connectivity index (χ1v) is 8.56. The Morgan fingerprint density at radius 3 is 2.52 bits per heavy atom. The lowest BCUT2D eigenvalue weighted by molar-refractivity contribution is 0.103. The van der Waals surface area contributed by atoms with Crippen LogP contribution in [0, 0.1) is 5.92 Å². The molecule has 4 nitrogen and oxygen atoms in total. The van der Waals surface area contributed by atoms with Crippen LogP contribution >= 0.6 is 11.3 Å². The summed E-state index contributed by atoms with van der Waals surface area (Å²) in [5, 5.41) is 2.94. The van der Waals surface area contributed by atoms with Crippen LogP contribution < -0.4 is 14.8 Å². The van der Waals surface area contributed by atoms with Crippen molar-refractivity contribution in [3.63, 3.8) is 0 Å². The Balaban J connectivity index is 1.79. The number of nitrogens with one attached hydrogen (secondary N) is 1. The molecule has 1 aromatic carbocycles. The van der Waals surface area contributed by atoms with Gasteiger partial charge in [-0.2, -0.15) is 0 Å². The summed E-state index contributed by atoms with van der Waals surface area (Å²) < 4.78 is 10.5. The summed E-state index contributed by atoms with van der Waals surface area (Å²) in [7, 11) is 3.18. The van der Waals surface area contributed by atoms with Crippen LogP contribution in [-0.2, 0) is 12.8 Å². The van der Waals surface area contributed by atoms with E-state index >= 15 is 0 Å². The fourth-order valence-corrected chi connectivity index (χ4v) is 3.99. The number of aryl methyl sites for hydroxylation is 1. The van der Waals surface area contributed by atoms with E-state index in [0.29, 0.717) is 23.1 Å². The van der Waals surface area contributed by atoms with Crippen LogP contribution in [0.25, 0.3) is 0 Å². The molecule has 1 N–H and O–H groups in total. The van der Waals surface area contributed by atoms with Gasteiger partial charge in [-0.25, -0.2) is 0 Å². The molecule has 0 bridgehead atoms. The van der Waals surface area contributed by atoms with Gasteiger partial charge < -0.3 is 14.8 Å². The van der Waals surface area contributed by atoms with Gasteiger partial charge in [0.15, 0.2) is 0 Å². The highest BCUT2D eigenvalue weighted by Crippen LogP contribution is 2.33. The van der Waals surface area contributed by atoms with Crippen molar-refractivity contribution in [1.82, 2.24) is 0 Å². The molecule has 1 aliphatic carbocycles. The third kappa shape index (κ3) is 3.50. The van der Waals surface area contributed by atoms with Crippen LogP contribution in [0.3, 0.4) is 0 Å². The predicted octanol–water partition coefficient (Wildman–Crippen LogP) is 4.14. The van der Waals surface area contributed by atoms with Crippen LogP contribution in [0.15, 0.2) is 24.3 Å². The van der Waals surface area contributed by atoms with Crippen molar-refractivity contribution < 1.29 is 14.3 Å². The van der Waals surface area contributed by atoms with Gasteiger partial charge in [-0.15, -0.1) is 11.3 Å². The fraction of sp³-hybridized carbons (Fsp3) is 0.389. The highest BCUT2D eigenvalue weighted by atomic mass is 32.1. The Kier molecular flexibility index (Phi) is 4.57. The summed E-state index contributed by atoms with van der Waals surface area (Å²) in [5.74, 6) is 1.93. The molecule has 3 rings (SSSR count). The summed E-state index contributed by atoms with van der Waals surface area (Å²) in [4.78, 5) is 14.7. The van der Waals surface area contributed by atoms with Crippen LogP contribution in [0.5, 0.6) is 11.5 Å². The fourth-order valence-electron chi connectivity index (χ4n) is 2.89. The van der Waals surface area contributed by atoms with Gasteiger partial charge in [0.1, 0.15) is 11.5 Å². The first kappa shape index (κ1) is 15.9. The third-order valence-corrected chi connectivity index (χ3v) is 5.40. The van der Waals surface area contributed by atoms with E-state index in [-0.39, 0.29) is 5.91 Å². The van der Waals surface area contributed by atoms with Gasteiger partial charge in [0.2, 0.25) is 0 Å². The molecule has 0 fully saturated rings. The smallest absolute Gasteiger partial charge is 0.265 e. The number of ether oxygens (including phenoxy) is 2. The van der Waals surface area contributed by atoms with Crippen molar-refractivity contribution in [2.75, 3.05) is 19.5 Å². The molecule has 1 atom stereocenters. The molecule has 122 valence electrons. The number of methoxy groups -OCH3 is 2. The average Bonchev–Trinajstić information content (AvgIpc) is 2.97. The molecule has 1 unspecified atom stereocenters. The minimum Gasteiger partial charge on any atom is -0.497 e. The van der Waals surface area contributed by atoms with Crippen molar-refractivity contribution in [3.8, 4) is 11.5 Å². The van der Waals surface area contributed by atoms with E-state index < -0.39 is 0 Å². The Bertz CT molecular complexity index is 701. The predicted molar refractivity (Wildman–Crippen MR) is 93.0 cm³/mol. The molecule has 1 heterocycles. The minimum atomic E-state index is -0.0765. The average molecular weight is 331 g/mol.